The molecule has 0 aliphatic heterocycles. The first-order valence-electron chi connectivity index (χ1n) is 14.3. The number of aromatic nitrogens is 1. The predicted molar refractivity (Wildman–Crippen MR) is 146 cm³/mol. The molecule has 0 aromatic carbocycles. The van der Waals surface area contributed by atoms with Gasteiger partial charge in [0, 0.05) is 31.8 Å². The second-order valence-electron chi connectivity index (χ2n) is 9.09. The molecule has 0 aliphatic carbocycles. The van der Waals surface area contributed by atoms with Crippen LogP contribution < -0.4 is 4.57 Å². The molecule has 5 heteroatoms. The lowest BCUT2D eigenvalue weighted by Gasteiger charge is -2.21. The molecule has 0 amide bonds. The van der Waals surface area contributed by atoms with Crippen molar-refractivity contribution >= 4 is 7.32 Å². The number of aryl methyl sites for hydroxylation is 1. The van der Waals surface area contributed by atoms with Crippen molar-refractivity contribution in [3.63, 3.8) is 0 Å². The summed E-state index contributed by atoms with van der Waals surface area (Å²) in [5.41, 5.74) is 1.23. The molecule has 1 aromatic rings. The highest BCUT2D eigenvalue weighted by molar-refractivity contribution is 6.36. The van der Waals surface area contributed by atoms with E-state index in [1.165, 1.54) is 50.6 Å². The maximum atomic E-state index is 6.41. The van der Waals surface area contributed by atoms with E-state index in [0.717, 1.165) is 51.5 Å². The molecule has 4 nitrogen and oxygen atoms in total. The molecule has 0 saturated carbocycles. The Kier molecular flexibility index (Phi) is 24.5. The van der Waals surface area contributed by atoms with Gasteiger partial charge in [-0.25, -0.2) is 4.57 Å². The molecule has 1 aromatic heterocycles. The summed E-state index contributed by atoms with van der Waals surface area (Å²) >= 11 is 0. The van der Waals surface area contributed by atoms with Crippen molar-refractivity contribution in [2.24, 2.45) is 0 Å². The average Bonchev–Trinajstić information content (AvgIpc) is 2.86. The number of hydrogen-bond acceptors (Lipinski definition) is 3. The smallest absolute Gasteiger partial charge is 0.386 e. The minimum atomic E-state index is -0.581. The minimum Gasteiger partial charge on any atom is -0.386 e. The van der Waals surface area contributed by atoms with Crippen LogP contribution in [-0.2, 0) is 20.5 Å². The summed E-state index contributed by atoms with van der Waals surface area (Å²) in [6.07, 6.45) is 18.6. The summed E-state index contributed by atoms with van der Waals surface area (Å²) < 4.78 is 20.7. The average molecular weight is 478 g/mol. The van der Waals surface area contributed by atoms with Crippen molar-refractivity contribution in [1.82, 2.24) is 0 Å². The normalized spacial score (nSPS) is 11.7. The number of pyridine rings is 1. The Morgan fingerprint density at radius 3 is 1.91 bits per heavy atom. The second-order valence-corrected chi connectivity index (χ2v) is 9.09. The lowest BCUT2D eigenvalue weighted by atomic mass is 10.1. The van der Waals surface area contributed by atoms with Crippen LogP contribution in [0.25, 0.3) is 0 Å². The maximum absolute atomic E-state index is 6.41. The summed E-state index contributed by atoms with van der Waals surface area (Å²) in [5, 5.41) is 0. The molecule has 34 heavy (non-hydrogen) atoms. The Bertz CT molecular complexity index is 532. The van der Waals surface area contributed by atoms with E-state index in [1.807, 2.05) is 0 Å². The zero-order valence-electron chi connectivity index (χ0n) is 23.4. The summed E-state index contributed by atoms with van der Waals surface area (Å²) in [6, 6.07) is 6.44. The lowest BCUT2D eigenvalue weighted by molar-refractivity contribution is -0.707. The van der Waals surface area contributed by atoms with Gasteiger partial charge in [0.05, 0.1) is 0 Å². The summed E-state index contributed by atoms with van der Waals surface area (Å²) in [7, 11) is -0.581. The molecule has 1 heterocycles. The van der Waals surface area contributed by atoms with Crippen molar-refractivity contribution in [3.05, 3.63) is 37.0 Å². The zero-order chi connectivity index (χ0) is 25.3. The van der Waals surface area contributed by atoms with E-state index >= 15 is 0 Å². The fourth-order valence-electron chi connectivity index (χ4n) is 3.50. The Balaban J connectivity index is 0.00000251. The van der Waals surface area contributed by atoms with Gasteiger partial charge in [-0.2, -0.15) is 6.42 Å². The molecular formula is C29H56BNO3. The molecule has 1 unspecified atom stereocenters. The summed E-state index contributed by atoms with van der Waals surface area (Å²) in [4.78, 5) is 0. The Morgan fingerprint density at radius 2 is 1.35 bits per heavy atom. The van der Waals surface area contributed by atoms with Crippen molar-refractivity contribution < 1.29 is 18.5 Å². The van der Waals surface area contributed by atoms with E-state index in [-0.39, 0.29) is 6.10 Å². The van der Waals surface area contributed by atoms with Crippen molar-refractivity contribution in [2.45, 2.75) is 137 Å². The van der Waals surface area contributed by atoms with Crippen LogP contribution in [0.15, 0.2) is 24.4 Å². The maximum Gasteiger partial charge on any atom is 0.640 e. The third-order valence-corrected chi connectivity index (χ3v) is 5.74. The molecule has 0 saturated heterocycles. The molecule has 0 fully saturated rings. The van der Waals surface area contributed by atoms with Gasteiger partial charge in [-0.05, 0) is 25.7 Å². The highest BCUT2D eigenvalue weighted by Gasteiger charge is 2.30. The van der Waals surface area contributed by atoms with Gasteiger partial charge in [-0.1, -0.05) is 92.1 Å². The van der Waals surface area contributed by atoms with E-state index in [0.29, 0.717) is 13.2 Å². The predicted octanol–water partition coefficient (Wildman–Crippen LogP) is 8.43. The number of nitrogens with zero attached hydrogens (tertiary/aromatic N) is 1. The van der Waals surface area contributed by atoms with E-state index in [4.69, 9.17) is 14.0 Å². The zero-order valence-corrected chi connectivity index (χ0v) is 23.4. The monoisotopic (exact) mass is 477 g/mol. The molecule has 0 N–H and O–H groups in total. The molecule has 198 valence electrons. The molecule has 0 radical (unpaired) electrons. The van der Waals surface area contributed by atoms with Crippen molar-refractivity contribution in [3.8, 4) is 0 Å². The molecule has 0 aliphatic rings. The van der Waals surface area contributed by atoms with E-state index in [1.54, 1.807) is 0 Å². The molecule has 1 atom stereocenters. The SMILES string of the molecule is CCCCCCCC[n+]1ccccc1C(CCC)OB(OCCCC)OCCCC.[CH2-]CCC. The van der Waals surface area contributed by atoms with Gasteiger partial charge in [0.15, 0.2) is 6.20 Å². The summed E-state index contributed by atoms with van der Waals surface area (Å²) in [6.45, 7) is 17.0. The van der Waals surface area contributed by atoms with Crippen LogP contribution in [0.4, 0.5) is 0 Å². The first kappa shape index (κ1) is 33.1. The molecule has 0 bridgehead atoms. The third kappa shape index (κ3) is 17.5. The van der Waals surface area contributed by atoms with Crippen LogP contribution in [0.2, 0.25) is 0 Å². The number of unbranched alkanes of at least 4 members (excludes halogenated alkanes) is 8. The standard InChI is InChI=1S/C25H47BNO3.C4H9/c1-5-9-12-13-14-16-20-27-21-17-15-19-24(27)25(18-8-4)30-26(28-22-10-6-2)29-23-11-7-3;1-3-4-2/h15,17,19,21,25H,5-14,16,18,20,22-23H2,1-4H3;1,3-4H2,2H3/q+1;-1. The second kappa shape index (κ2) is 25.2. The van der Waals surface area contributed by atoms with E-state index in [9.17, 15) is 0 Å². The summed E-state index contributed by atoms with van der Waals surface area (Å²) in [5.74, 6) is 0. The van der Waals surface area contributed by atoms with Crippen LogP contribution in [0.5, 0.6) is 0 Å². The fraction of sp³-hybridized carbons (Fsp3) is 0.793. The van der Waals surface area contributed by atoms with E-state index in [2.05, 4.69) is 70.5 Å². The Morgan fingerprint density at radius 1 is 0.765 bits per heavy atom. The largest absolute Gasteiger partial charge is 0.640 e. The topological polar surface area (TPSA) is 31.6 Å². The lowest BCUT2D eigenvalue weighted by Crippen LogP contribution is -2.41. The molecule has 1 rings (SSSR count). The van der Waals surface area contributed by atoms with Crippen molar-refractivity contribution in [1.29, 1.82) is 0 Å². The van der Waals surface area contributed by atoms with Gasteiger partial charge in [-0.3, -0.25) is 0 Å². The van der Waals surface area contributed by atoms with E-state index < -0.39 is 7.32 Å². The van der Waals surface area contributed by atoms with Gasteiger partial charge in [0.1, 0.15) is 12.6 Å². The van der Waals surface area contributed by atoms with Gasteiger partial charge in [0.25, 0.3) is 0 Å². The molecule has 0 spiro atoms. The molecular weight excluding hydrogens is 421 g/mol. The minimum absolute atomic E-state index is 0.00968. The Labute approximate surface area is 213 Å². The van der Waals surface area contributed by atoms with Crippen LogP contribution in [-0.4, -0.2) is 20.5 Å². The van der Waals surface area contributed by atoms with Crippen LogP contribution >= 0.6 is 0 Å². The van der Waals surface area contributed by atoms with Crippen LogP contribution in [0.1, 0.15) is 136 Å². The van der Waals surface area contributed by atoms with Crippen LogP contribution in [0, 0.1) is 6.92 Å². The van der Waals surface area contributed by atoms with Gasteiger partial charge < -0.3 is 20.9 Å². The van der Waals surface area contributed by atoms with Crippen LogP contribution in [0.3, 0.4) is 0 Å². The van der Waals surface area contributed by atoms with Gasteiger partial charge >= 0.3 is 7.32 Å². The first-order valence-corrected chi connectivity index (χ1v) is 14.3. The Hall–Kier alpha value is -0.905. The third-order valence-electron chi connectivity index (χ3n) is 5.74. The first-order chi connectivity index (χ1) is 16.7. The fourth-order valence-corrected chi connectivity index (χ4v) is 3.50. The van der Waals surface area contributed by atoms with Gasteiger partial charge in [-0.15, -0.1) is 0 Å². The number of hydrogen-bond donors (Lipinski definition) is 0. The van der Waals surface area contributed by atoms with Crippen molar-refractivity contribution in [2.75, 3.05) is 13.2 Å². The number of rotatable bonds is 21. The highest BCUT2D eigenvalue weighted by Crippen LogP contribution is 2.22. The quantitative estimate of drug-likeness (QED) is 0.0770. The highest BCUT2D eigenvalue weighted by atomic mass is 16.7. The van der Waals surface area contributed by atoms with Gasteiger partial charge in [0.2, 0.25) is 5.69 Å².